The van der Waals surface area contributed by atoms with Crippen molar-refractivity contribution in [2.45, 2.75) is 231 Å². The molecular formula is C69H101Cl2N13O12. The maximum atomic E-state index is 13.7. The molecule has 3 aliphatic carbocycles. The number of nitrogens with one attached hydrogen (secondary N) is 9. The number of carboxylic acids is 1. The van der Waals surface area contributed by atoms with Gasteiger partial charge in [-0.05, 0) is 182 Å². The molecule has 0 radical (unpaired) electrons. The van der Waals surface area contributed by atoms with E-state index in [0.717, 1.165) is 155 Å². The summed E-state index contributed by atoms with van der Waals surface area (Å²) in [4.78, 5) is 109. The van der Waals surface area contributed by atoms with E-state index in [9.17, 15) is 43.5 Å². The number of carbonyl (C=O) groups excluding carboxylic acids is 7. The third-order valence-electron chi connectivity index (χ3n) is 18.6. The van der Waals surface area contributed by atoms with Gasteiger partial charge in [0.05, 0.1) is 29.6 Å². The van der Waals surface area contributed by atoms with Crippen molar-refractivity contribution in [3.8, 4) is 0 Å². The van der Waals surface area contributed by atoms with E-state index in [2.05, 4.69) is 57.6 Å². The van der Waals surface area contributed by atoms with Crippen molar-refractivity contribution in [3.63, 3.8) is 0 Å². The number of H-pyrrole nitrogens is 2. The summed E-state index contributed by atoms with van der Waals surface area (Å²) >= 11 is 0. The predicted molar refractivity (Wildman–Crippen MR) is 375 cm³/mol. The Bertz CT molecular complexity index is 3480. The minimum Gasteiger partial charge on any atom is -0.480 e. The molecule has 2 aromatic heterocycles. The van der Waals surface area contributed by atoms with Crippen LogP contribution in [0, 0.1) is 17.8 Å². The van der Waals surface area contributed by atoms with E-state index in [0.29, 0.717) is 59.9 Å². The lowest BCUT2D eigenvalue weighted by Gasteiger charge is -2.33. The highest BCUT2D eigenvalue weighted by molar-refractivity contribution is 6.18. The minimum absolute atomic E-state index is 0. The molecule has 0 spiro atoms. The molecule has 7 amide bonds. The van der Waals surface area contributed by atoms with Crippen LogP contribution in [-0.2, 0) is 28.6 Å². The molecule has 6 heterocycles. The van der Waals surface area contributed by atoms with Crippen molar-refractivity contribution in [1.82, 2.24) is 41.7 Å². The van der Waals surface area contributed by atoms with Gasteiger partial charge in [0.15, 0.2) is 0 Å². The summed E-state index contributed by atoms with van der Waals surface area (Å²) in [5.41, 5.74) is 16.9. The van der Waals surface area contributed by atoms with Gasteiger partial charge in [0.2, 0.25) is 11.8 Å². The monoisotopic (exact) mass is 1370 g/mol. The zero-order valence-corrected chi connectivity index (χ0v) is 58.7. The maximum Gasteiger partial charge on any atom is 0.410 e. The molecule has 2 saturated heterocycles. The second kappa shape index (κ2) is 33.2. The summed E-state index contributed by atoms with van der Waals surface area (Å²) in [6.07, 6.45) is 20.4. The van der Waals surface area contributed by atoms with Crippen molar-refractivity contribution < 1.29 is 57.7 Å². The zero-order valence-electron chi connectivity index (χ0n) is 57.0. The van der Waals surface area contributed by atoms with Crippen LogP contribution in [0.1, 0.15) is 239 Å². The third-order valence-corrected chi connectivity index (χ3v) is 18.6. The van der Waals surface area contributed by atoms with Crippen molar-refractivity contribution in [2.75, 3.05) is 36.8 Å². The van der Waals surface area contributed by atoms with Crippen LogP contribution in [0.25, 0.3) is 21.8 Å². The number of hydrazone groups is 2. The van der Waals surface area contributed by atoms with Gasteiger partial charge < -0.3 is 66.5 Å². The van der Waals surface area contributed by atoms with Crippen LogP contribution in [0.5, 0.6) is 0 Å². The first kappa shape index (κ1) is 75.9. The molecule has 25 nitrogen and oxygen atoms in total. The lowest BCUT2D eigenvalue weighted by molar-refractivity contribution is -0.141. The number of halogens is 2. The Morgan fingerprint density at radius 1 is 0.542 bits per heavy atom. The van der Waals surface area contributed by atoms with Gasteiger partial charge in [-0.3, -0.25) is 19.2 Å². The number of piperidine rings is 2. The van der Waals surface area contributed by atoms with Gasteiger partial charge in [-0.15, -0.1) is 24.8 Å². The number of nitrogens with zero attached hydrogens (tertiary/aromatic N) is 3. The standard InChI is InChI=1S/C33H46N6O6.C23H30N6O2.C13H23NO4.2ClH/c1-32(2,3)44-30(42)37-27(19-10-8-7-9-11-19)29(41)35-21-16-22-25-23(18-34-38-28(22)40)26(36-24(25)17-21)20-12-14-39(15-13-20)31(43)45-33(4,5)6;24-20(13-4-2-1-3-5-13)23(31)27-15-10-16-19-17(12-26-29-22(16)30)21(28-18(19)11-15)14-6-8-25-9-7-14;1-13(2,3)18-12(17)14-10(11(15)16)9-7-5-4-6-8-9;;/h16-20,27,36H,7-15H2,1-6H3,(H,35,41)(H,37,42)(H,38,40);10-14,20,25,28H,1-9,24H2,(H,27,31)(H,29,30);9-10H,4-8H2,1-3H3,(H,14,17)(H,15,16);2*1H/t27-;20-;10-;;/m111../s1. The van der Waals surface area contributed by atoms with Crippen LogP contribution in [0.3, 0.4) is 0 Å². The molecule has 4 aliphatic heterocycles. The molecule has 0 bridgehead atoms. The Hall–Kier alpha value is -7.48. The first-order valence-electron chi connectivity index (χ1n) is 33.9. The number of alkyl carbamates (subject to hydrolysis) is 2. The van der Waals surface area contributed by atoms with Crippen molar-refractivity contribution >= 4 is 118 Å². The molecule has 3 atom stereocenters. The fourth-order valence-electron chi connectivity index (χ4n) is 14.1. The minimum atomic E-state index is -0.979. The molecule has 11 rings (SSSR count). The maximum absolute atomic E-state index is 13.7. The molecular weight excluding hydrogens is 1270 g/mol. The molecule has 528 valence electrons. The Labute approximate surface area is 574 Å². The number of benzene rings is 2. The SMILES string of the molecule is CC(C)(C)OC(=O)N[C@@H](C(=O)Nc1cc2c3c(c(C4CCN(C(=O)OC(C)(C)C)CC4)[nH]c3c1)C=NNC2=O)C1CCCCC1.CC(C)(C)OC(=O)N[C@@H](C(=O)O)C1CCCCC1.Cl.Cl.N[C@@H](C(=O)Nc1cc2c3c(c(C4CCNCC4)[nH]c3c1)C=NNC2=O)C1CCCCC1. The molecule has 5 fully saturated rings. The molecule has 27 heteroatoms. The van der Waals surface area contributed by atoms with Gasteiger partial charge in [-0.25, -0.2) is 30.0 Å². The van der Waals surface area contributed by atoms with Gasteiger partial charge >= 0.3 is 24.2 Å². The zero-order chi connectivity index (χ0) is 67.6. The predicted octanol–water partition coefficient (Wildman–Crippen LogP) is 11.7. The summed E-state index contributed by atoms with van der Waals surface area (Å²) in [6.45, 7) is 19.2. The fourth-order valence-corrected chi connectivity index (χ4v) is 14.1. The normalized spacial score (nSPS) is 19.1. The number of ether oxygens (including phenoxy) is 3. The van der Waals surface area contributed by atoms with E-state index in [1.165, 1.54) is 6.42 Å². The number of nitrogens with two attached hydrogens (primary N) is 1. The third kappa shape index (κ3) is 20.1. The lowest BCUT2D eigenvalue weighted by Crippen LogP contribution is -2.50. The van der Waals surface area contributed by atoms with Crippen molar-refractivity contribution in [1.29, 1.82) is 0 Å². The fraction of sp³-hybridized carbons (Fsp3) is 0.623. The number of aliphatic carboxylic acids is 1. The van der Waals surface area contributed by atoms with Crippen LogP contribution in [0.15, 0.2) is 34.5 Å². The Balaban J connectivity index is 0.000000221. The number of carbonyl (C=O) groups is 8. The molecule has 12 N–H and O–H groups in total. The van der Waals surface area contributed by atoms with Gasteiger partial charge in [0, 0.05) is 80.6 Å². The van der Waals surface area contributed by atoms with E-state index in [-0.39, 0.29) is 78.2 Å². The molecule has 2 aromatic carbocycles. The first-order chi connectivity index (χ1) is 44.6. The molecule has 96 heavy (non-hydrogen) atoms. The smallest absolute Gasteiger partial charge is 0.410 e. The van der Waals surface area contributed by atoms with Gasteiger partial charge in [0.1, 0.15) is 28.9 Å². The van der Waals surface area contributed by atoms with Gasteiger partial charge in [-0.2, -0.15) is 10.2 Å². The van der Waals surface area contributed by atoms with E-state index in [1.807, 2.05) is 32.9 Å². The quantitative estimate of drug-likeness (QED) is 0.0588. The average Bonchev–Trinajstić information content (AvgIpc) is 1.60. The van der Waals surface area contributed by atoms with E-state index >= 15 is 0 Å². The van der Waals surface area contributed by atoms with Crippen LogP contribution < -0.4 is 43.2 Å². The molecule has 7 aliphatic rings. The molecule has 3 saturated carbocycles. The van der Waals surface area contributed by atoms with Crippen LogP contribution >= 0.6 is 24.8 Å². The van der Waals surface area contributed by atoms with E-state index < -0.39 is 53.1 Å². The first-order valence-corrected chi connectivity index (χ1v) is 33.9. The van der Waals surface area contributed by atoms with Crippen LogP contribution in [-0.4, -0.2) is 141 Å². The van der Waals surface area contributed by atoms with Crippen LogP contribution in [0.4, 0.5) is 25.8 Å². The van der Waals surface area contributed by atoms with E-state index in [1.54, 1.807) is 71.0 Å². The lowest BCUT2D eigenvalue weighted by atomic mass is 9.83. The van der Waals surface area contributed by atoms with E-state index in [4.69, 9.17) is 19.9 Å². The summed E-state index contributed by atoms with van der Waals surface area (Å²) in [5.74, 6) is -1.48. The number of carboxylic acid groups (broad SMARTS) is 1. The Morgan fingerprint density at radius 2 is 0.938 bits per heavy atom. The van der Waals surface area contributed by atoms with Gasteiger partial charge in [-0.1, -0.05) is 57.8 Å². The van der Waals surface area contributed by atoms with Crippen molar-refractivity contribution in [3.05, 3.63) is 57.9 Å². The highest BCUT2D eigenvalue weighted by Crippen LogP contribution is 2.39. The number of aromatic amines is 2. The number of amides is 7. The summed E-state index contributed by atoms with van der Waals surface area (Å²) < 4.78 is 16.1. The number of hydrogen-bond acceptors (Lipinski definition) is 15. The summed E-state index contributed by atoms with van der Waals surface area (Å²) in [6, 6.07) is 4.97. The van der Waals surface area contributed by atoms with Gasteiger partial charge in [0.25, 0.3) is 11.8 Å². The Morgan fingerprint density at radius 3 is 1.36 bits per heavy atom. The number of hydrogen-bond donors (Lipinski definition) is 11. The highest BCUT2D eigenvalue weighted by atomic mass is 35.5. The average molecular weight is 1380 g/mol. The molecule has 4 aromatic rings. The number of aromatic nitrogens is 2. The number of anilines is 2. The second-order valence-electron chi connectivity index (χ2n) is 29.2. The number of rotatable bonds is 12. The highest BCUT2D eigenvalue weighted by Gasteiger charge is 2.37. The summed E-state index contributed by atoms with van der Waals surface area (Å²) in [5, 5.41) is 33.7. The van der Waals surface area contributed by atoms with Crippen LogP contribution in [0.2, 0.25) is 0 Å². The Kier molecular flexibility index (Phi) is 26.2. The van der Waals surface area contributed by atoms with Crippen molar-refractivity contribution in [2.24, 2.45) is 33.7 Å². The largest absolute Gasteiger partial charge is 0.480 e. The molecule has 0 unspecified atom stereocenters. The topological polar surface area (TPSA) is 354 Å². The second-order valence-corrected chi connectivity index (χ2v) is 29.2. The number of likely N-dealkylation sites (tertiary alicyclic amines) is 1. The summed E-state index contributed by atoms with van der Waals surface area (Å²) in [7, 11) is 0.